The summed E-state index contributed by atoms with van der Waals surface area (Å²) < 4.78 is 35.9. The Bertz CT molecular complexity index is 968. The highest BCUT2D eigenvalue weighted by Crippen LogP contribution is 2.09. The van der Waals surface area contributed by atoms with E-state index in [1.54, 1.807) is 24.3 Å². The number of esters is 1. The maximum atomic E-state index is 12.9. The van der Waals surface area contributed by atoms with Gasteiger partial charge in [0.15, 0.2) is 6.10 Å². The van der Waals surface area contributed by atoms with Gasteiger partial charge >= 0.3 is 5.97 Å². The van der Waals surface area contributed by atoms with Crippen LogP contribution >= 0.6 is 0 Å². The highest BCUT2D eigenvalue weighted by molar-refractivity contribution is 7.88. The third-order valence-electron chi connectivity index (χ3n) is 4.52. The standard InChI is InChI=1S/C22H28N2O7S/c1-30-22(27)20(25)18(13-16-9-5-3-6-10-16)23-21(26)19(24-32(2,28)29)15-31-14-17-11-7-4-8-12-17/h3-12,18-20,24-25H,13-15H2,1-2H3,(H,23,26)/t18-,19+,20?/m0/s1. The average Bonchev–Trinajstić information content (AvgIpc) is 2.77. The van der Waals surface area contributed by atoms with Crippen LogP contribution in [0.2, 0.25) is 0 Å². The molecule has 0 spiro atoms. The van der Waals surface area contributed by atoms with Crippen molar-refractivity contribution in [3.63, 3.8) is 0 Å². The maximum Gasteiger partial charge on any atom is 0.336 e. The van der Waals surface area contributed by atoms with Gasteiger partial charge in [0.1, 0.15) is 6.04 Å². The van der Waals surface area contributed by atoms with Crippen LogP contribution in [-0.2, 0) is 42.1 Å². The number of hydrogen-bond acceptors (Lipinski definition) is 7. The van der Waals surface area contributed by atoms with Crippen molar-refractivity contribution < 1.29 is 32.6 Å². The molecule has 0 aliphatic rings. The molecule has 0 aliphatic heterocycles. The van der Waals surface area contributed by atoms with Gasteiger partial charge in [-0.1, -0.05) is 60.7 Å². The van der Waals surface area contributed by atoms with Crippen LogP contribution in [0.15, 0.2) is 60.7 Å². The van der Waals surface area contributed by atoms with Crippen molar-refractivity contribution in [2.24, 2.45) is 0 Å². The summed E-state index contributed by atoms with van der Waals surface area (Å²) in [6.45, 7) is -0.0749. The van der Waals surface area contributed by atoms with Gasteiger partial charge in [0.2, 0.25) is 15.9 Å². The van der Waals surface area contributed by atoms with Gasteiger partial charge in [-0.15, -0.1) is 0 Å². The highest BCUT2D eigenvalue weighted by atomic mass is 32.2. The second-order valence-electron chi connectivity index (χ2n) is 7.22. The molecule has 9 nitrogen and oxygen atoms in total. The monoisotopic (exact) mass is 464 g/mol. The molecule has 10 heteroatoms. The number of sulfonamides is 1. The molecule has 2 aromatic rings. The highest BCUT2D eigenvalue weighted by Gasteiger charge is 2.32. The molecule has 0 heterocycles. The van der Waals surface area contributed by atoms with Crippen molar-refractivity contribution in [3.05, 3.63) is 71.8 Å². The molecule has 0 bridgehead atoms. The summed E-state index contributed by atoms with van der Waals surface area (Å²) in [5.74, 6) is -1.66. The van der Waals surface area contributed by atoms with E-state index in [0.717, 1.165) is 24.5 Å². The van der Waals surface area contributed by atoms with Crippen molar-refractivity contribution in [1.82, 2.24) is 10.0 Å². The van der Waals surface area contributed by atoms with E-state index in [9.17, 15) is 23.1 Å². The first-order valence-corrected chi connectivity index (χ1v) is 11.8. The van der Waals surface area contributed by atoms with Crippen molar-refractivity contribution in [3.8, 4) is 0 Å². The van der Waals surface area contributed by atoms with Gasteiger partial charge in [0.05, 0.1) is 32.6 Å². The van der Waals surface area contributed by atoms with E-state index in [4.69, 9.17) is 4.74 Å². The van der Waals surface area contributed by atoms with Crippen molar-refractivity contribution in [2.75, 3.05) is 20.0 Å². The molecule has 1 amide bonds. The maximum absolute atomic E-state index is 12.9. The molecule has 3 atom stereocenters. The van der Waals surface area contributed by atoms with Crippen molar-refractivity contribution >= 4 is 21.9 Å². The predicted octanol–water partition coefficient (Wildman–Crippen LogP) is 0.382. The van der Waals surface area contributed by atoms with Crippen molar-refractivity contribution in [2.45, 2.75) is 31.2 Å². The van der Waals surface area contributed by atoms with E-state index < -0.39 is 40.1 Å². The lowest BCUT2D eigenvalue weighted by Crippen LogP contribution is -2.56. The zero-order valence-corrected chi connectivity index (χ0v) is 18.7. The quantitative estimate of drug-likeness (QED) is 0.387. The lowest BCUT2D eigenvalue weighted by atomic mass is 10.0. The fourth-order valence-electron chi connectivity index (χ4n) is 2.97. The largest absolute Gasteiger partial charge is 0.467 e. The summed E-state index contributed by atoms with van der Waals surface area (Å²) in [5, 5.41) is 12.9. The minimum atomic E-state index is -3.74. The smallest absolute Gasteiger partial charge is 0.336 e. The van der Waals surface area contributed by atoms with E-state index in [1.165, 1.54) is 0 Å². The summed E-state index contributed by atoms with van der Waals surface area (Å²) in [6, 6.07) is 15.8. The third kappa shape index (κ3) is 8.75. The molecule has 0 saturated carbocycles. The Labute approximate surface area is 187 Å². The summed E-state index contributed by atoms with van der Waals surface area (Å²) in [5.41, 5.74) is 1.61. The lowest BCUT2D eigenvalue weighted by molar-refractivity contribution is -0.152. The molecule has 1 unspecified atom stereocenters. The van der Waals surface area contributed by atoms with E-state index in [-0.39, 0.29) is 19.6 Å². The number of aliphatic hydroxyl groups is 1. The van der Waals surface area contributed by atoms with Crippen LogP contribution in [0.3, 0.4) is 0 Å². The fourth-order valence-corrected chi connectivity index (χ4v) is 3.66. The van der Waals surface area contributed by atoms with Gasteiger partial charge in [-0.25, -0.2) is 17.9 Å². The van der Waals surface area contributed by atoms with Crippen molar-refractivity contribution in [1.29, 1.82) is 0 Å². The van der Waals surface area contributed by atoms with Gasteiger partial charge < -0.3 is 19.9 Å². The number of carbonyl (C=O) groups is 2. The normalized spacial score (nSPS) is 14.2. The second kappa shape index (κ2) is 12.3. The Kier molecular flexibility index (Phi) is 9.79. The van der Waals surface area contributed by atoms with Crippen LogP contribution in [0.5, 0.6) is 0 Å². The number of benzene rings is 2. The van der Waals surface area contributed by atoms with Crippen LogP contribution in [0.1, 0.15) is 11.1 Å². The predicted molar refractivity (Wildman–Crippen MR) is 118 cm³/mol. The summed E-state index contributed by atoms with van der Waals surface area (Å²) in [7, 11) is -2.62. The fraction of sp³-hybridized carbons (Fsp3) is 0.364. The molecule has 3 N–H and O–H groups in total. The number of rotatable bonds is 12. The first-order valence-electron chi connectivity index (χ1n) is 9.88. The minimum Gasteiger partial charge on any atom is -0.467 e. The van der Waals surface area contributed by atoms with Crippen LogP contribution < -0.4 is 10.0 Å². The molecule has 0 aliphatic carbocycles. The molecular weight excluding hydrogens is 436 g/mol. The van der Waals surface area contributed by atoms with Crippen LogP contribution in [0.25, 0.3) is 0 Å². The van der Waals surface area contributed by atoms with E-state index in [0.29, 0.717) is 0 Å². The van der Waals surface area contributed by atoms with Crippen LogP contribution in [0, 0.1) is 0 Å². The Hall–Kier alpha value is -2.79. The van der Waals surface area contributed by atoms with Gasteiger partial charge in [-0.3, -0.25) is 4.79 Å². The first kappa shape index (κ1) is 25.5. The van der Waals surface area contributed by atoms with Gasteiger partial charge in [-0.05, 0) is 17.5 Å². The van der Waals surface area contributed by atoms with Crippen LogP contribution in [0.4, 0.5) is 0 Å². The topological polar surface area (TPSA) is 131 Å². The van der Waals surface area contributed by atoms with E-state index >= 15 is 0 Å². The Balaban J connectivity index is 2.12. The number of hydrogen-bond donors (Lipinski definition) is 3. The number of methoxy groups -OCH3 is 1. The average molecular weight is 465 g/mol. The van der Waals surface area contributed by atoms with Gasteiger partial charge in [0, 0.05) is 0 Å². The molecule has 0 aromatic heterocycles. The summed E-state index contributed by atoms with van der Waals surface area (Å²) in [6.07, 6.45) is -0.595. The molecule has 2 aromatic carbocycles. The number of carbonyl (C=O) groups excluding carboxylic acids is 2. The Morgan fingerprint density at radius 1 is 1.00 bits per heavy atom. The lowest BCUT2D eigenvalue weighted by Gasteiger charge is -2.25. The molecule has 0 radical (unpaired) electrons. The number of ether oxygens (including phenoxy) is 2. The van der Waals surface area contributed by atoms with Gasteiger partial charge in [-0.2, -0.15) is 0 Å². The first-order chi connectivity index (χ1) is 15.2. The number of amides is 1. The van der Waals surface area contributed by atoms with E-state index in [2.05, 4.69) is 14.8 Å². The molecule has 32 heavy (non-hydrogen) atoms. The molecule has 0 fully saturated rings. The van der Waals surface area contributed by atoms with E-state index in [1.807, 2.05) is 36.4 Å². The molecule has 2 rings (SSSR count). The molecular formula is C22H28N2O7S. The SMILES string of the molecule is COC(=O)C(O)[C@H](Cc1ccccc1)NC(=O)[C@@H](COCc1ccccc1)NS(C)(=O)=O. The zero-order chi connectivity index (χ0) is 23.6. The summed E-state index contributed by atoms with van der Waals surface area (Å²) in [4.78, 5) is 24.8. The number of aliphatic hydroxyl groups excluding tert-OH is 1. The summed E-state index contributed by atoms with van der Waals surface area (Å²) >= 11 is 0. The van der Waals surface area contributed by atoms with Gasteiger partial charge in [0.25, 0.3) is 0 Å². The Morgan fingerprint density at radius 3 is 2.09 bits per heavy atom. The third-order valence-corrected chi connectivity index (χ3v) is 5.23. The Morgan fingerprint density at radius 2 is 1.56 bits per heavy atom. The number of nitrogens with one attached hydrogen (secondary N) is 2. The zero-order valence-electron chi connectivity index (χ0n) is 17.9. The minimum absolute atomic E-state index is 0.124. The van der Waals surface area contributed by atoms with Crippen LogP contribution in [-0.4, -0.2) is 63.6 Å². The second-order valence-corrected chi connectivity index (χ2v) is 9.00. The molecule has 174 valence electrons. The molecule has 0 saturated heterocycles.